The van der Waals surface area contributed by atoms with E-state index in [1.807, 2.05) is 20.8 Å². The number of nitrogens with one attached hydrogen (secondary N) is 1. The minimum absolute atomic E-state index is 0.168. The number of rotatable bonds is 7. The molecule has 0 aliphatic carbocycles. The first kappa shape index (κ1) is 17.4. The number of alkyl halides is 1. The fourth-order valence-electron chi connectivity index (χ4n) is 1.62. The Morgan fingerprint density at radius 1 is 1.42 bits per heavy atom. The topological polar surface area (TPSA) is 46.2 Å². The Morgan fingerprint density at radius 2 is 2.00 bits per heavy atom. The molecule has 0 aliphatic rings. The zero-order chi connectivity index (χ0) is 14.7. The van der Waals surface area contributed by atoms with Gasteiger partial charge in [0.05, 0.1) is 3.79 Å². The molecular weight excluding hydrogens is 370 g/mol. The number of thiophene rings is 1. The molecule has 0 aromatic carbocycles. The largest absolute Gasteiger partial charge is 0.250 e. The molecule has 0 unspecified atom stereocenters. The van der Waals surface area contributed by atoms with Gasteiger partial charge in [-0.1, -0.05) is 13.8 Å². The predicted molar refractivity (Wildman–Crippen MR) is 85.7 cm³/mol. The maximum atomic E-state index is 12.2. The first-order valence-corrected chi connectivity index (χ1v) is 9.74. The molecule has 0 spiro atoms. The Labute approximate surface area is 132 Å². The SMILES string of the molecule is CCC(CC)(CCl)CNS(=O)(=O)c1cc(C)c(Br)s1. The molecule has 110 valence electrons. The third kappa shape index (κ3) is 4.17. The molecule has 0 saturated heterocycles. The average molecular weight is 389 g/mol. The van der Waals surface area contributed by atoms with Crippen LogP contribution in [0.2, 0.25) is 0 Å². The number of aryl methyl sites for hydroxylation is 1. The Morgan fingerprint density at radius 3 is 2.37 bits per heavy atom. The van der Waals surface area contributed by atoms with E-state index in [2.05, 4.69) is 20.7 Å². The van der Waals surface area contributed by atoms with Crippen molar-refractivity contribution in [3.05, 3.63) is 15.4 Å². The van der Waals surface area contributed by atoms with Gasteiger partial charge in [0, 0.05) is 12.4 Å². The zero-order valence-corrected chi connectivity index (χ0v) is 15.3. The molecule has 0 radical (unpaired) electrons. The molecule has 0 aliphatic heterocycles. The fourth-order valence-corrected chi connectivity index (χ4v) is 5.52. The number of sulfonamides is 1. The summed E-state index contributed by atoms with van der Waals surface area (Å²) >= 11 is 10.6. The van der Waals surface area contributed by atoms with Crippen LogP contribution in [0.15, 0.2) is 14.1 Å². The van der Waals surface area contributed by atoms with Crippen LogP contribution >= 0.6 is 38.9 Å². The Kier molecular flexibility index (Phi) is 6.32. The third-order valence-corrected chi connectivity index (χ3v) is 8.10. The van der Waals surface area contributed by atoms with Gasteiger partial charge in [0.25, 0.3) is 0 Å². The van der Waals surface area contributed by atoms with E-state index in [9.17, 15) is 8.42 Å². The summed E-state index contributed by atoms with van der Waals surface area (Å²) in [7, 11) is -3.45. The lowest BCUT2D eigenvalue weighted by molar-refractivity contribution is 0.305. The van der Waals surface area contributed by atoms with Crippen molar-refractivity contribution in [2.75, 3.05) is 12.4 Å². The Balaban J connectivity index is 2.86. The van der Waals surface area contributed by atoms with Gasteiger partial charge in [-0.3, -0.25) is 0 Å². The van der Waals surface area contributed by atoms with Crippen molar-refractivity contribution in [3.63, 3.8) is 0 Å². The van der Waals surface area contributed by atoms with Gasteiger partial charge in [0.1, 0.15) is 4.21 Å². The van der Waals surface area contributed by atoms with Crippen molar-refractivity contribution in [1.29, 1.82) is 0 Å². The lowest BCUT2D eigenvalue weighted by Crippen LogP contribution is -2.38. The van der Waals surface area contributed by atoms with E-state index in [1.165, 1.54) is 11.3 Å². The van der Waals surface area contributed by atoms with Crippen LogP contribution in [0, 0.1) is 12.3 Å². The summed E-state index contributed by atoms with van der Waals surface area (Å²) in [5, 5.41) is 0. The van der Waals surface area contributed by atoms with Crippen LogP contribution in [0.25, 0.3) is 0 Å². The smallest absolute Gasteiger partial charge is 0.210 e. The van der Waals surface area contributed by atoms with Gasteiger partial charge in [-0.05, 0) is 52.7 Å². The van der Waals surface area contributed by atoms with Crippen LogP contribution in [0.5, 0.6) is 0 Å². The van der Waals surface area contributed by atoms with E-state index in [1.54, 1.807) is 6.07 Å². The van der Waals surface area contributed by atoms with Crippen LogP contribution in [0.4, 0.5) is 0 Å². The second-order valence-corrected chi connectivity index (χ2v) is 9.32. The molecule has 0 fully saturated rings. The van der Waals surface area contributed by atoms with Crippen molar-refractivity contribution in [2.45, 2.75) is 37.8 Å². The normalized spacial score (nSPS) is 12.9. The minimum Gasteiger partial charge on any atom is -0.210 e. The highest BCUT2D eigenvalue weighted by atomic mass is 79.9. The summed E-state index contributed by atoms with van der Waals surface area (Å²) in [6, 6.07) is 1.68. The van der Waals surface area contributed by atoms with Crippen molar-refractivity contribution >= 4 is 48.9 Å². The highest BCUT2D eigenvalue weighted by molar-refractivity contribution is 9.11. The predicted octanol–water partition coefficient (Wildman–Crippen LogP) is 4.14. The Bertz CT molecular complexity index is 496. The Hall–Kier alpha value is 0.380. The van der Waals surface area contributed by atoms with E-state index in [4.69, 9.17) is 11.6 Å². The van der Waals surface area contributed by atoms with E-state index < -0.39 is 10.0 Å². The van der Waals surface area contributed by atoms with Gasteiger partial charge in [0.2, 0.25) is 10.0 Å². The van der Waals surface area contributed by atoms with E-state index >= 15 is 0 Å². The molecule has 0 atom stereocenters. The molecule has 0 saturated carbocycles. The van der Waals surface area contributed by atoms with Crippen LogP contribution in [0.3, 0.4) is 0 Å². The van der Waals surface area contributed by atoms with Gasteiger partial charge < -0.3 is 0 Å². The lowest BCUT2D eigenvalue weighted by atomic mass is 9.85. The molecule has 0 bridgehead atoms. The molecule has 1 heterocycles. The monoisotopic (exact) mass is 387 g/mol. The second-order valence-electron chi connectivity index (χ2n) is 4.69. The van der Waals surface area contributed by atoms with Crippen molar-refractivity contribution in [1.82, 2.24) is 4.72 Å². The minimum atomic E-state index is -3.45. The molecule has 7 heteroatoms. The summed E-state index contributed by atoms with van der Waals surface area (Å²) in [5.41, 5.74) is 0.762. The molecule has 1 aromatic heterocycles. The maximum absolute atomic E-state index is 12.2. The third-order valence-electron chi connectivity index (χ3n) is 3.52. The molecular formula is C12H19BrClNO2S2. The number of halogens is 2. The molecule has 19 heavy (non-hydrogen) atoms. The molecule has 1 aromatic rings. The molecule has 1 rings (SSSR count). The molecule has 1 N–H and O–H groups in total. The molecule has 3 nitrogen and oxygen atoms in total. The van der Waals surface area contributed by atoms with Crippen LogP contribution in [-0.2, 0) is 10.0 Å². The quantitative estimate of drug-likeness (QED) is 0.713. The zero-order valence-electron chi connectivity index (χ0n) is 11.3. The van der Waals surface area contributed by atoms with Crippen LogP contribution in [0.1, 0.15) is 32.3 Å². The standard InChI is InChI=1S/C12H19BrClNO2S2/c1-4-12(5-2,7-14)8-15-19(16,17)10-6-9(3)11(13)18-10/h6,15H,4-5,7-8H2,1-3H3. The average Bonchev–Trinajstić information content (AvgIpc) is 2.73. The van der Waals surface area contributed by atoms with Crippen LogP contribution in [-0.4, -0.2) is 20.8 Å². The summed E-state index contributed by atoms with van der Waals surface area (Å²) in [4.78, 5) is 0. The van der Waals surface area contributed by atoms with E-state index in [0.717, 1.165) is 22.2 Å². The molecule has 0 amide bonds. The van der Waals surface area contributed by atoms with Gasteiger partial charge in [0.15, 0.2) is 0 Å². The second kappa shape index (κ2) is 6.89. The lowest BCUT2D eigenvalue weighted by Gasteiger charge is -2.29. The maximum Gasteiger partial charge on any atom is 0.250 e. The van der Waals surface area contributed by atoms with E-state index in [-0.39, 0.29) is 5.41 Å². The van der Waals surface area contributed by atoms with Crippen molar-refractivity contribution in [3.8, 4) is 0 Å². The fraction of sp³-hybridized carbons (Fsp3) is 0.667. The first-order chi connectivity index (χ1) is 8.80. The highest BCUT2D eigenvalue weighted by Crippen LogP contribution is 2.32. The first-order valence-electron chi connectivity index (χ1n) is 6.12. The number of hydrogen-bond donors (Lipinski definition) is 1. The summed E-state index contributed by atoms with van der Waals surface area (Å²) < 4.78 is 28.3. The van der Waals surface area contributed by atoms with Gasteiger partial charge in [-0.25, -0.2) is 13.1 Å². The van der Waals surface area contributed by atoms with Crippen molar-refractivity contribution in [2.24, 2.45) is 5.41 Å². The summed E-state index contributed by atoms with van der Waals surface area (Å²) in [6.07, 6.45) is 1.70. The summed E-state index contributed by atoms with van der Waals surface area (Å²) in [6.45, 7) is 6.32. The van der Waals surface area contributed by atoms with Gasteiger partial charge in [-0.15, -0.1) is 22.9 Å². The highest BCUT2D eigenvalue weighted by Gasteiger charge is 2.28. The van der Waals surface area contributed by atoms with Crippen LogP contribution < -0.4 is 4.72 Å². The van der Waals surface area contributed by atoms with Gasteiger partial charge in [-0.2, -0.15) is 0 Å². The summed E-state index contributed by atoms with van der Waals surface area (Å²) in [5.74, 6) is 0.454. The number of hydrogen-bond acceptors (Lipinski definition) is 3. The van der Waals surface area contributed by atoms with Crippen molar-refractivity contribution < 1.29 is 8.42 Å². The van der Waals surface area contributed by atoms with E-state index in [0.29, 0.717) is 16.6 Å². The van der Waals surface area contributed by atoms with Gasteiger partial charge >= 0.3 is 0 Å².